The predicted molar refractivity (Wildman–Crippen MR) is 119 cm³/mol. The molecule has 0 bridgehead atoms. The van der Waals surface area contributed by atoms with Gasteiger partial charge in [-0.3, -0.25) is 5.10 Å². The summed E-state index contributed by atoms with van der Waals surface area (Å²) in [7, 11) is -3.52. The van der Waals surface area contributed by atoms with Crippen molar-refractivity contribution < 1.29 is 12.8 Å². The number of halogens is 1. The molecule has 0 amide bonds. The highest BCUT2D eigenvalue weighted by atomic mass is 32.2. The molecule has 2 aromatic carbocycles. The zero-order chi connectivity index (χ0) is 22.1. The van der Waals surface area contributed by atoms with Crippen LogP contribution in [0, 0.1) is 5.82 Å². The molecule has 0 saturated carbocycles. The Morgan fingerprint density at radius 2 is 1.88 bits per heavy atom. The summed E-state index contributed by atoms with van der Waals surface area (Å²) in [5.41, 5.74) is 1.24. The number of hydrogen-bond donors (Lipinski definition) is 3. The fraction of sp³-hybridized carbons (Fsp3) is 0.190. The fourth-order valence-corrected chi connectivity index (χ4v) is 5.20. The smallest absolute Gasteiger partial charge is 0.243 e. The Morgan fingerprint density at radius 1 is 1.03 bits per heavy atom. The number of nitrogens with one attached hydrogen (secondary N) is 3. The van der Waals surface area contributed by atoms with Crippen molar-refractivity contribution in [3.8, 4) is 0 Å². The summed E-state index contributed by atoms with van der Waals surface area (Å²) in [6, 6.07) is 12.6. The predicted octanol–water partition coefficient (Wildman–Crippen LogP) is 3.76. The van der Waals surface area contributed by atoms with E-state index < -0.39 is 10.0 Å². The van der Waals surface area contributed by atoms with Crippen molar-refractivity contribution in [1.29, 1.82) is 0 Å². The molecule has 0 unspecified atom stereocenters. The first-order valence-electron chi connectivity index (χ1n) is 10.1. The van der Waals surface area contributed by atoms with E-state index in [9.17, 15) is 12.8 Å². The second-order valence-electron chi connectivity index (χ2n) is 7.42. The number of fused-ring (bicyclic) bond motifs is 1. The van der Waals surface area contributed by atoms with Gasteiger partial charge < -0.3 is 10.6 Å². The topological polar surface area (TPSA) is 116 Å². The molecule has 164 valence electrons. The second-order valence-corrected chi connectivity index (χ2v) is 9.35. The standard InChI is InChI=1S/C21H20FN7O2S/c22-14-6-7-18-17(12-14)20(28-27-18)25-19-8-9-23-21(26-19)24-15-4-3-5-16(13-15)32(30,31)29-10-1-2-11-29/h3-9,12-13H,1-2,10-11H2,(H3,23,24,25,26,27,28). The van der Waals surface area contributed by atoms with Gasteiger partial charge in [-0.15, -0.1) is 0 Å². The second kappa shape index (κ2) is 8.17. The minimum atomic E-state index is -3.52. The molecule has 0 radical (unpaired) electrons. The van der Waals surface area contributed by atoms with Gasteiger partial charge in [-0.2, -0.15) is 14.4 Å². The summed E-state index contributed by atoms with van der Waals surface area (Å²) in [4.78, 5) is 8.83. The van der Waals surface area contributed by atoms with Crippen LogP contribution in [-0.4, -0.2) is 46.0 Å². The lowest BCUT2D eigenvalue weighted by atomic mass is 10.2. The number of benzene rings is 2. The van der Waals surface area contributed by atoms with Crippen molar-refractivity contribution in [1.82, 2.24) is 24.5 Å². The molecular weight excluding hydrogens is 433 g/mol. The van der Waals surface area contributed by atoms with Crippen LogP contribution in [0.2, 0.25) is 0 Å². The number of aromatic amines is 1. The van der Waals surface area contributed by atoms with Gasteiger partial charge in [0.05, 0.1) is 10.4 Å². The lowest BCUT2D eigenvalue weighted by Gasteiger charge is -2.16. The van der Waals surface area contributed by atoms with Crippen LogP contribution in [0.15, 0.2) is 59.6 Å². The van der Waals surface area contributed by atoms with Crippen molar-refractivity contribution in [2.45, 2.75) is 17.7 Å². The van der Waals surface area contributed by atoms with Gasteiger partial charge in [-0.25, -0.2) is 17.8 Å². The molecule has 2 aromatic heterocycles. The number of H-pyrrole nitrogens is 1. The summed E-state index contributed by atoms with van der Waals surface area (Å²) in [6.07, 6.45) is 3.31. The Bertz CT molecular complexity index is 1380. The highest BCUT2D eigenvalue weighted by Gasteiger charge is 2.27. The van der Waals surface area contributed by atoms with Gasteiger partial charge in [0.1, 0.15) is 11.6 Å². The Hall–Kier alpha value is -3.57. The van der Waals surface area contributed by atoms with Crippen molar-refractivity contribution in [3.63, 3.8) is 0 Å². The summed E-state index contributed by atoms with van der Waals surface area (Å²) in [5, 5.41) is 13.7. The number of aromatic nitrogens is 4. The molecule has 11 heteroatoms. The third-order valence-electron chi connectivity index (χ3n) is 5.22. The van der Waals surface area contributed by atoms with Crippen molar-refractivity contribution in [2.75, 3.05) is 23.7 Å². The van der Waals surface area contributed by atoms with Crippen LogP contribution in [0.5, 0.6) is 0 Å². The lowest BCUT2D eigenvalue weighted by Crippen LogP contribution is -2.27. The van der Waals surface area contributed by atoms with E-state index in [1.807, 2.05) is 0 Å². The van der Waals surface area contributed by atoms with E-state index in [-0.39, 0.29) is 16.7 Å². The summed E-state index contributed by atoms with van der Waals surface area (Å²) < 4.78 is 40.8. The number of rotatable bonds is 6. The van der Waals surface area contributed by atoms with Gasteiger partial charge in [-0.1, -0.05) is 6.07 Å². The monoisotopic (exact) mass is 453 g/mol. The fourth-order valence-electron chi connectivity index (χ4n) is 3.63. The van der Waals surface area contributed by atoms with Crippen LogP contribution >= 0.6 is 0 Å². The van der Waals surface area contributed by atoms with Gasteiger partial charge in [0.15, 0.2) is 5.82 Å². The minimum Gasteiger partial charge on any atom is -0.324 e. The van der Waals surface area contributed by atoms with E-state index in [0.29, 0.717) is 41.3 Å². The highest BCUT2D eigenvalue weighted by Crippen LogP contribution is 2.26. The number of sulfonamides is 1. The van der Waals surface area contributed by atoms with Crippen molar-refractivity contribution in [3.05, 3.63) is 60.5 Å². The lowest BCUT2D eigenvalue weighted by molar-refractivity contribution is 0.477. The quantitative estimate of drug-likeness (QED) is 0.407. The Kier molecular flexibility index (Phi) is 5.19. The molecule has 3 N–H and O–H groups in total. The van der Waals surface area contributed by atoms with E-state index >= 15 is 0 Å². The van der Waals surface area contributed by atoms with Gasteiger partial charge in [-0.05, 0) is 55.3 Å². The molecule has 5 rings (SSSR count). The number of nitrogens with zero attached hydrogens (tertiary/aromatic N) is 4. The normalized spacial score (nSPS) is 14.7. The Balaban J connectivity index is 1.37. The summed E-state index contributed by atoms with van der Waals surface area (Å²) in [6.45, 7) is 1.09. The first-order chi connectivity index (χ1) is 15.5. The summed E-state index contributed by atoms with van der Waals surface area (Å²) >= 11 is 0. The average molecular weight is 454 g/mol. The van der Waals surface area contributed by atoms with Crippen molar-refractivity contribution in [2.24, 2.45) is 0 Å². The maximum atomic E-state index is 13.6. The molecule has 0 atom stereocenters. The Morgan fingerprint density at radius 3 is 2.72 bits per heavy atom. The van der Waals surface area contributed by atoms with Gasteiger partial charge in [0, 0.05) is 30.4 Å². The van der Waals surface area contributed by atoms with E-state index in [1.54, 1.807) is 42.6 Å². The van der Waals surface area contributed by atoms with E-state index in [2.05, 4.69) is 30.8 Å². The van der Waals surface area contributed by atoms with Crippen LogP contribution in [0.25, 0.3) is 10.9 Å². The number of hydrogen-bond acceptors (Lipinski definition) is 7. The molecule has 9 nitrogen and oxygen atoms in total. The zero-order valence-corrected chi connectivity index (χ0v) is 17.7. The first-order valence-corrected chi connectivity index (χ1v) is 11.5. The van der Waals surface area contributed by atoms with Crippen LogP contribution in [0.1, 0.15) is 12.8 Å². The Labute approximate surface area is 183 Å². The van der Waals surface area contributed by atoms with Crippen LogP contribution < -0.4 is 10.6 Å². The largest absolute Gasteiger partial charge is 0.324 e. The highest BCUT2D eigenvalue weighted by molar-refractivity contribution is 7.89. The molecule has 0 aliphatic carbocycles. The third-order valence-corrected chi connectivity index (χ3v) is 7.11. The van der Waals surface area contributed by atoms with Crippen molar-refractivity contribution >= 4 is 44.2 Å². The minimum absolute atomic E-state index is 0.226. The van der Waals surface area contributed by atoms with Crippen LogP contribution in [-0.2, 0) is 10.0 Å². The van der Waals surface area contributed by atoms with E-state index in [1.165, 1.54) is 16.4 Å². The SMILES string of the molecule is O=S(=O)(c1cccc(Nc2nccc(Nc3n[nH]c4ccc(F)cc34)n2)c1)N1CCCC1. The molecule has 4 aromatic rings. The van der Waals surface area contributed by atoms with Gasteiger partial charge >= 0.3 is 0 Å². The van der Waals surface area contributed by atoms with Gasteiger partial charge in [0.25, 0.3) is 0 Å². The number of anilines is 4. The molecule has 1 saturated heterocycles. The van der Waals surface area contributed by atoms with Crippen LogP contribution in [0.4, 0.5) is 27.7 Å². The molecule has 3 heterocycles. The molecule has 1 aliphatic heterocycles. The average Bonchev–Trinajstić information content (AvgIpc) is 3.45. The molecule has 0 spiro atoms. The van der Waals surface area contributed by atoms with E-state index in [4.69, 9.17) is 0 Å². The molecule has 32 heavy (non-hydrogen) atoms. The third kappa shape index (κ3) is 3.99. The van der Waals surface area contributed by atoms with Gasteiger partial charge in [0.2, 0.25) is 16.0 Å². The maximum Gasteiger partial charge on any atom is 0.243 e. The molecule has 1 aliphatic rings. The first kappa shape index (κ1) is 20.3. The zero-order valence-electron chi connectivity index (χ0n) is 16.9. The van der Waals surface area contributed by atoms with Crippen LogP contribution in [0.3, 0.4) is 0 Å². The molecule has 1 fully saturated rings. The molecular formula is C21H20FN7O2S. The van der Waals surface area contributed by atoms with E-state index in [0.717, 1.165) is 12.8 Å². The maximum absolute atomic E-state index is 13.6. The summed E-state index contributed by atoms with van der Waals surface area (Å²) in [5.74, 6) is 0.788.